The largest absolute Gasteiger partial charge is 0.352 e. The second-order valence-corrected chi connectivity index (χ2v) is 8.73. The first-order valence-corrected chi connectivity index (χ1v) is 10.0. The first-order chi connectivity index (χ1) is 11.4. The van der Waals surface area contributed by atoms with E-state index in [4.69, 9.17) is 11.6 Å². The predicted octanol–water partition coefficient (Wildman–Crippen LogP) is 2.99. The zero-order chi connectivity index (χ0) is 17.3. The fourth-order valence-electron chi connectivity index (χ4n) is 3.80. The first kappa shape index (κ1) is 18.0. The summed E-state index contributed by atoms with van der Waals surface area (Å²) in [6.07, 6.45) is 2.49. The minimum absolute atomic E-state index is 0.0552. The summed E-state index contributed by atoms with van der Waals surface area (Å²) in [6, 6.07) is 0.229. The molecule has 1 aromatic rings. The molecule has 3 rings (SSSR count). The van der Waals surface area contributed by atoms with Gasteiger partial charge >= 0.3 is 0 Å². The summed E-state index contributed by atoms with van der Waals surface area (Å²) in [5, 5.41) is 4.82. The Morgan fingerprint density at radius 1 is 1.38 bits per heavy atom. The number of aromatic nitrogens is 1. The van der Waals surface area contributed by atoms with Gasteiger partial charge in [-0.1, -0.05) is 36.8 Å². The van der Waals surface area contributed by atoms with E-state index in [0.717, 1.165) is 42.7 Å². The van der Waals surface area contributed by atoms with E-state index < -0.39 is 0 Å². The minimum atomic E-state index is 0.0552. The Bertz CT molecular complexity index is 585. The smallest absolute Gasteiger partial charge is 0.217 e. The number of carbonyl (C=O) groups is 1. The van der Waals surface area contributed by atoms with E-state index in [0.29, 0.717) is 17.0 Å². The highest BCUT2D eigenvalue weighted by Crippen LogP contribution is 2.34. The molecule has 24 heavy (non-hydrogen) atoms. The molecule has 134 valence electrons. The molecule has 0 radical (unpaired) electrons. The van der Waals surface area contributed by atoms with E-state index in [1.54, 1.807) is 18.3 Å². The predicted molar refractivity (Wildman–Crippen MR) is 99.8 cm³/mol. The Morgan fingerprint density at radius 3 is 2.71 bits per heavy atom. The molecule has 1 amide bonds. The normalized spacial score (nSPS) is 25.0. The summed E-state index contributed by atoms with van der Waals surface area (Å²) in [4.78, 5) is 21.9. The maximum atomic E-state index is 11.5. The van der Waals surface area contributed by atoms with E-state index in [-0.39, 0.29) is 11.9 Å². The molecular weight excluding hydrogens is 344 g/mol. The molecule has 0 bridgehead atoms. The van der Waals surface area contributed by atoms with Crippen LogP contribution in [0.5, 0.6) is 0 Å². The molecule has 0 saturated carbocycles. The average Bonchev–Trinajstić information content (AvgIpc) is 3.19. The van der Waals surface area contributed by atoms with Crippen LogP contribution in [0.25, 0.3) is 0 Å². The Balaban J connectivity index is 1.66. The van der Waals surface area contributed by atoms with Crippen molar-refractivity contribution in [1.29, 1.82) is 0 Å². The van der Waals surface area contributed by atoms with Crippen LogP contribution in [0.2, 0.25) is 5.15 Å². The highest BCUT2D eigenvalue weighted by Gasteiger charge is 2.35. The second kappa shape index (κ2) is 7.58. The monoisotopic (exact) mass is 370 g/mol. The number of rotatable bonds is 5. The molecule has 1 aromatic heterocycles. The third-order valence-electron chi connectivity index (χ3n) is 5.07. The van der Waals surface area contributed by atoms with Gasteiger partial charge in [0.1, 0.15) is 5.15 Å². The van der Waals surface area contributed by atoms with Crippen LogP contribution in [0.1, 0.15) is 38.5 Å². The van der Waals surface area contributed by atoms with Gasteiger partial charge in [-0.05, 0) is 24.7 Å². The van der Waals surface area contributed by atoms with Crippen molar-refractivity contribution in [3.63, 3.8) is 0 Å². The molecule has 5 nitrogen and oxygen atoms in total. The van der Waals surface area contributed by atoms with E-state index in [2.05, 4.69) is 33.9 Å². The summed E-state index contributed by atoms with van der Waals surface area (Å²) in [6.45, 7) is 10.9. The molecule has 2 saturated heterocycles. The fraction of sp³-hybridized carbons (Fsp3) is 0.765. The molecule has 0 spiro atoms. The first-order valence-electron chi connectivity index (χ1n) is 8.83. The number of anilines is 1. The van der Waals surface area contributed by atoms with Crippen LogP contribution in [0, 0.1) is 11.8 Å². The molecule has 0 aromatic carbocycles. The lowest BCUT2D eigenvalue weighted by Gasteiger charge is -2.22. The Kier molecular flexibility index (Phi) is 5.67. The van der Waals surface area contributed by atoms with Crippen LogP contribution >= 0.6 is 22.9 Å². The summed E-state index contributed by atoms with van der Waals surface area (Å²) < 4.78 is 0. The molecule has 2 atom stereocenters. The molecule has 3 heterocycles. The van der Waals surface area contributed by atoms with Crippen LogP contribution in [-0.4, -0.2) is 48.0 Å². The van der Waals surface area contributed by atoms with E-state index in [9.17, 15) is 4.79 Å². The van der Waals surface area contributed by atoms with Gasteiger partial charge in [0.05, 0.1) is 4.88 Å². The topological polar surface area (TPSA) is 48.5 Å². The number of halogens is 1. The second-order valence-electron chi connectivity index (χ2n) is 7.31. The van der Waals surface area contributed by atoms with E-state index >= 15 is 0 Å². The number of nitrogens with one attached hydrogen (secondary N) is 1. The molecular formula is C17H27ClN4OS. The molecule has 0 unspecified atom stereocenters. The fourth-order valence-corrected chi connectivity index (χ4v) is 5.15. The highest BCUT2D eigenvalue weighted by atomic mass is 35.5. The Morgan fingerprint density at radius 2 is 2.08 bits per heavy atom. The van der Waals surface area contributed by atoms with Gasteiger partial charge in [-0.25, -0.2) is 4.98 Å². The number of carbonyl (C=O) groups excluding carboxylic acids is 1. The van der Waals surface area contributed by atoms with Gasteiger partial charge < -0.3 is 10.2 Å². The highest BCUT2D eigenvalue weighted by molar-refractivity contribution is 7.16. The third kappa shape index (κ3) is 4.03. The number of hydrogen-bond acceptors (Lipinski definition) is 5. The quantitative estimate of drug-likeness (QED) is 0.865. The lowest BCUT2D eigenvalue weighted by Crippen LogP contribution is -2.40. The van der Waals surface area contributed by atoms with Crippen molar-refractivity contribution >= 4 is 34.0 Å². The van der Waals surface area contributed by atoms with Gasteiger partial charge in [0.15, 0.2) is 5.13 Å². The van der Waals surface area contributed by atoms with Crippen LogP contribution < -0.4 is 10.2 Å². The number of nitrogens with zero attached hydrogens (tertiary/aromatic N) is 3. The Hall–Kier alpha value is -0.850. The van der Waals surface area contributed by atoms with Crippen molar-refractivity contribution in [3.05, 3.63) is 10.0 Å². The summed E-state index contributed by atoms with van der Waals surface area (Å²) in [7, 11) is 0. The van der Waals surface area contributed by atoms with Gasteiger partial charge in [-0.2, -0.15) is 0 Å². The zero-order valence-corrected chi connectivity index (χ0v) is 16.3. The van der Waals surface area contributed by atoms with Crippen LogP contribution in [0.4, 0.5) is 5.13 Å². The SMILES string of the molecule is CC(=O)N[C@@H]1CN(Cc2sc(N3CCCC3)nc2Cl)C[C@H]1C(C)C. The molecule has 2 aliphatic heterocycles. The van der Waals surface area contributed by atoms with E-state index in [1.165, 1.54) is 12.8 Å². The maximum absolute atomic E-state index is 11.5. The van der Waals surface area contributed by atoms with Gasteiger partial charge in [-0.3, -0.25) is 9.69 Å². The number of amides is 1. The van der Waals surface area contributed by atoms with Crippen molar-refractivity contribution in [1.82, 2.24) is 15.2 Å². The molecule has 2 aliphatic rings. The van der Waals surface area contributed by atoms with Crippen LogP contribution in [-0.2, 0) is 11.3 Å². The molecule has 1 N–H and O–H groups in total. The maximum Gasteiger partial charge on any atom is 0.217 e. The number of likely N-dealkylation sites (tertiary alicyclic amines) is 1. The van der Waals surface area contributed by atoms with Crippen LogP contribution in [0.3, 0.4) is 0 Å². The number of hydrogen-bond donors (Lipinski definition) is 1. The van der Waals surface area contributed by atoms with E-state index in [1.807, 2.05) is 0 Å². The molecule has 0 aliphatic carbocycles. The third-order valence-corrected chi connectivity index (χ3v) is 6.59. The van der Waals surface area contributed by atoms with Crippen molar-refractivity contribution in [2.75, 3.05) is 31.1 Å². The van der Waals surface area contributed by atoms with Crippen LogP contribution in [0.15, 0.2) is 0 Å². The molecule has 2 fully saturated rings. The molecule has 7 heteroatoms. The van der Waals surface area contributed by atoms with Crippen molar-refractivity contribution < 1.29 is 4.79 Å². The van der Waals surface area contributed by atoms with Crippen molar-refractivity contribution in [3.8, 4) is 0 Å². The minimum Gasteiger partial charge on any atom is -0.352 e. The summed E-state index contributed by atoms with van der Waals surface area (Å²) in [5.74, 6) is 1.09. The standard InChI is InChI=1S/C17H27ClN4OS/c1-11(2)13-8-21(9-14(13)19-12(3)23)10-15-16(18)20-17(24-15)22-6-4-5-7-22/h11,13-14H,4-10H2,1-3H3,(H,19,23)/t13-,14+/m0/s1. The van der Waals surface area contributed by atoms with Crippen molar-refractivity contribution in [2.24, 2.45) is 11.8 Å². The number of thiazole rings is 1. The average molecular weight is 371 g/mol. The van der Waals surface area contributed by atoms with Gasteiger partial charge in [0.2, 0.25) is 5.91 Å². The lowest BCUT2D eigenvalue weighted by molar-refractivity contribution is -0.119. The van der Waals surface area contributed by atoms with Crippen molar-refractivity contribution in [2.45, 2.75) is 46.2 Å². The van der Waals surface area contributed by atoms with Gasteiger partial charge in [0, 0.05) is 45.7 Å². The lowest BCUT2D eigenvalue weighted by atomic mass is 9.91. The Labute approximate surface area is 153 Å². The summed E-state index contributed by atoms with van der Waals surface area (Å²) >= 11 is 8.12. The summed E-state index contributed by atoms with van der Waals surface area (Å²) in [5.41, 5.74) is 0. The van der Waals surface area contributed by atoms with Gasteiger partial charge in [-0.15, -0.1) is 0 Å². The van der Waals surface area contributed by atoms with Gasteiger partial charge in [0.25, 0.3) is 0 Å². The zero-order valence-electron chi connectivity index (χ0n) is 14.7.